The zero-order valence-electron chi connectivity index (χ0n) is 7.38. The van der Waals surface area contributed by atoms with Gasteiger partial charge in [-0.25, -0.2) is 0 Å². The number of hydrogen-bond acceptors (Lipinski definition) is 1. The Hall–Kier alpha value is 0.350. The first-order valence-electron chi connectivity index (χ1n) is 5.02. The maximum Gasteiger partial charge on any atom is 0.00498 e. The Morgan fingerprint density at radius 2 is 1.73 bits per heavy atom. The summed E-state index contributed by atoms with van der Waals surface area (Å²) < 4.78 is 0. The lowest BCUT2D eigenvalue weighted by Gasteiger charge is -2.14. The van der Waals surface area contributed by atoms with E-state index in [9.17, 15) is 0 Å². The van der Waals surface area contributed by atoms with Gasteiger partial charge in [-0.15, -0.1) is 0 Å². The van der Waals surface area contributed by atoms with Gasteiger partial charge in [0.1, 0.15) is 0 Å². The number of rotatable bonds is 3. The van der Waals surface area contributed by atoms with E-state index in [1.807, 2.05) is 0 Å². The summed E-state index contributed by atoms with van der Waals surface area (Å²) in [6.45, 7) is 2.43. The lowest BCUT2D eigenvalue weighted by Crippen LogP contribution is -2.05. The fourth-order valence-electron chi connectivity index (χ4n) is 2.00. The van der Waals surface area contributed by atoms with Crippen LogP contribution < -0.4 is 0 Å². The van der Waals surface area contributed by atoms with Gasteiger partial charge in [0.2, 0.25) is 0 Å². The van der Waals surface area contributed by atoms with Gasteiger partial charge < -0.3 is 0 Å². The molecule has 11 heavy (non-hydrogen) atoms. The normalized spacial score (nSPS) is 29.2. The molecule has 0 bridgehead atoms. The van der Waals surface area contributed by atoms with Crippen LogP contribution in [-0.2, 0) is 0 Å². The van der Waals surface area contributed by atoms with E-state index in [1.54, 1.807) is 0 Å². The first-order chi connectivity index (χ1) is 5.36. The van der Waals surface area contributed by atoms with E-state index in [4.69, 9.17) is 0 Å². The van der Waals surface area contributed by atoms with E-state index >= 15 is 0 Å². The van der Waals surface area contributed by atoms with Crippen LogP contribution in [0.4, 0.5) is 0 Å². The molecule has 0 heterocycles. The third-order valence-electron chi connectivity index (χ3n) is 3.00. The first-order valence-corrected chi connectivity index (χ1v) is 5.96. The zero-order valence-corrected chi connectivity index (χ0v) is 8.20. The van der Waals surface area contributed by atoms with E-state index in [-0.39, 0.29) is 0 Å². The van der Waals surface area contributed by atoms with E-state index in [1.165, 1.54) is 38.5 Å². The van der Waals surface area contributed by atoms with Gasteiger partial charge in [-0.3, -0.25) is 0 Å². The van der Waals surface area contributed by atoms with Gasteiger partial charge >= 0.3 is 0 Å². The fourth-order valence-corrected chi connectivity index (χ4v) is 3.71. The minimum absolute atomic E-state index is 0.970. The highest BCUT2D eigenvalue weighted by Gasteiger charge is 2.30. The summed E-state index contributed by atoms with van der Waals surface area (Å²) in [5.74, 6) is 1.10. The summed E-state index contributed by atoms with van der Waals surface area (Å²) in [7, 11) is 0. The Morgan fingerprint density at radius 1 is 1.09 bits per heavy atom. The van der Waals surface area contributed by atoms with Crippen molar-refractivity contribution in [3.05, 3.63) is 0 Å². The monoisotopic (exact) mass is 170 g/mol. The minimum atomic E-state index is 0.970. The molecule has 0 N–H and O–H groups in total. The summed E-state index contributed by atoms with van der Waals surface area (Å²) in [6, 6.07) is 0. The Kier molecular flexibility index (Phi) is 2.45. The molecule has 2 saturated carbocycles. The van der Waals surface area contributed by atoms with E-state index in [0.29, 0.717) is 0 Å². The number of hydrogen-bond donors (Lipinski definition) is 0. The van der Waals surface area contributed by atoms with Crippen LogP contribution in [-0.4, -0.2) is 10.5 Å². The Labute approximate surface area is 74.1 Å². The summed E-state index contributed by atoms with van der Waals surface area (Å²) in [6.07, 6.45) is 9.02. The van der Waals surface area contributed by atoms with Crippen molar-refractivity contribution in [2.75, 3.05) is 0 Å². The van der Waals surface area contributed by atoms with E-state index in [2.05, 4.69) is 18.7 Å². The van der Waals surface area contributed by atoms with Gasteiger partial charge in [0, 0.05) is 10.5 Å². The van der Waals surface area contributed by atoms with Crippen LogP contribution >= 0.6 is 11.8 Å². The van der Waals surface area contributed by atoms with Crippen LogP contribution in [0.1, 0.15) is 45.4 Å². The van der Waals surface area contributed by atoms with Crippen LogP contribution in [0, 0.1) is 5.92 Å². The summed E-state index contributed by atoms with van der Waals surface area (Å²) >= 11 is 2.28. The van der Waals surface area contributed by atoms with Crippen LogP contribution in [0.3, 0.4) is 0 Å². The van der Waals surface area contributed by atoms with Gasteiger partial charge in [0.15, 0.2) is 0 Å². The summed E-state index contributed by atoms with van der Waals surface area (Å²) in [4.78, 5) is 0. The molecule has 1 heteroatoms. The topological polar surface area (TPSA) is 0 Å². The third kappa shape index (κ3) is 2.14. The molecule has 1 atom stereocenters. The van der Waals surface area contributed by atoms with Crippen molar-refractivity contribution in [1.82, 2.24) is 0 Å². The average molecular weight is 170 g/mol. The van der Waals surface area contributed by atoms with Gasteiger partial charge in [-0.1, -0.05) is 19.8 Å². The van der Waals surface area contributed by atoms with Crippen LogP contribution in [0.2, 0.25) is 0 Å². The molecule has 0 aromatic rings. The predicted octanol–water partition coefficient (Wildman–Crippen LogP) is 3.46. The molecule has 0 aromatic heterocycles. The van der Waals surface area contributed by atoms with Crippen molar-refractivity contribution < 1.29 is 0 Å². The standard InChI is InChI=1S/C10H18S/c1-8(9-6-7-9)11-10-4-2-3-5-10/h8-10H,2-7H2,1H3. The van der Waals surface area contributed by atoms with Crippen molar-refractivity contribution in [2.24, 2.45) is 5.92 Å². The molecule has 0 saturated heterocycles. The first kappa shape index (κ1) is 7.97. The summed E-state index contributed by atoms with van der Waals surface area (Å²) in [5, 5.41) is 2.00. The molecule has 0 spiro atoms. The van der Waals surface area contributed by atoms with E-state index in [0.717, 1.165) is 16.4 Å². The Bertz CT molecular complexity index is 123. The Balaban J connectivity index is 1.70. The molecule has 64 valence electrons. The smallest absolute Gasteiger partial charge is 0.00498 e. The molecule has 1 unspecified atom stereocenters. The lowest BCUT2D eigenvalue weighted by atomic mass is 10.3. The molecule has 0 aromatic carbocycles. The quantitative estimate of drug-likeness (QED) is 0.625. The molecule has 2 rings (SSSR count). The van der Waals surface area contributed by atoms with Crippen molar-refractivity contribution in [3.63, 3.8) is 0 Å². The highest BCUT2D eigenvalue weighted by atomic mass is 32.2. The zero-order chi connectivity index (χ0) is 7.68. The van der Waals surface area contributed by atoms with Gasteiger partial charge in [0.25, 0.3) is 0 Å². The van der Waals surface area contributed by atoms with Crippen molar-refractivity contribution in [1.29, 1.82) is 0 Å². The minimum Gasteiger partial charge on any atom is -0.155 e. The highest BCUT2D eigenvalue weighted by molar-refractivity contribution is 8.00. The second-order valence-electron chi connectivity index (χ2n) is 4.09. The van der Waals surface area contributed by atoms with Crippen LogP contribution in [0.15, 0.2) is 0 Å². The van der Waals surface area contributed by atoms with Crippen molar-refractivity contribution >= 4 is 11.8 Å². The van der Waals surface area contributed by atoms with Gasteiger partial charge in [-0.2, -0.15) is 11.8 Å². The molecule has 0 amide bonds. The predicted molar refractivity (Wildman–Crippen MR) is 52.0 cm³/mol. The molecule has 0 radical (unpaired) electrons. The maximum atomic E-state index is 2.43. The molecular weight excluding hydrogens is 152 g/mol. The molecule has 0 aliphatic heterocycles. The largest absolute Gasteiger partial charge is 0.155 e. The molecule has 2 aliphatic rings. The fraction of sp³-hybridized carbons (Fsp3) is 1.00. The second kappa shape index (κ2) is 3.38. The summed E-state index contributed by atoms with van der Waals surface area (Å²) in [5.41, 5.74) is 0. The van der Waals surface area contributed by atoms with Crippen molar-refractivity contribution in [3.8, 4) is 0 Å². The molecular formula is C10H18S. The van der Waals surface area contributed by atoms with E-state index < -0.39 is 0 Å². The average Bonchev–Trinajstić information content (AvgIpc) is 2.73. The molecule has 2 fully saturated rings. The highest BCUT2D eigenvalue weighted by Crippen LogP contribution is 2.43. The van der Waals surface area contributed by atoms with Gasteiger partial charge in [0.05, 0.1) is 0 Å². The lowest BCUT2D eigenvalue weighted by molar-refractivity contribution is 0.801. The SMILES string of the molecule is CC(SC1CCCC1)C1CC1. The second-order valence-corrected chi connectivity index (χ2v) is 5.77. The maximum absolute atomic E-state index is 2.43. The van der Waals surface area contributed by atoms with Crippen LogP contribution in [0.25, 0.3) is 0 Å². The molecule has 0 nitrogen and oxygen atoms in total. The third-order valence-corrected chi connectivity index (χ3v) is 4.67. The van der Waals surface area contributed by atoms with Gasteiger partial charge in [-0.05, 0) is 31.6 Å². The molecule has 2 aliphatic carbocycles. The van der Waals surface area contributed by atoms with Crippen molar-refractivity contribution in [2.45, 2.75) is 55.9 Å². The number of thioether (sulfide) groups is 1. The Morgan fingerprint density at radius 3 is 2.27 bits per heavy atom. The van der Waals surface area contributed by atoms with Crippen LogP contribution in [0.5, 0.6) is 0 Å².